The summed E-state index contributed by atoms with van der Waals surface area (Å²) < 4.78 is 17.6. The number of unbranched alkanes of at least 4 members (excludes halogenated alkanes) is 9. The third-order valence-electron chi connectivity index (χ3n) is 11.6. The van der Waals surface area contributed by atoms with Crippen LogP contribution >= 0.6 is 0 Å². The van der Waals surface area contributed by atoms with Crippen LogP contribution in [0.2, 0.25) is 0 Å². The van der Waals surface area contributed by atoms with Crippen molar-refractivity contribution in [2.75, 3.05) is 0 Å². The molecule has 8 rings (SSSR count). The number of hydrogen-bond acceptors (Lipinski definition) is 5. The van der Waals surface area contributed by atoms with E-state index in [4.69, 9.17) is 14.4 Å². The second kappa shape index (κ2) is 18.8. The molecular weight excluding hydrogens is 725 g/mol. The van der Waals surface area contributed by atoms with Gasteiger partial charge in [-0.25, -0.2) is 4.99 Å². The first-order chi connectivity index (χ1) is 29.0. The highest BCUT2D eigenvalue weighted by Gasteiger charge is 2.36. The number of allylic oxidation sites excluding steroid dienone is 2. The predicted molar refractivity (Wildman–Crippen MR) is 243 cm³/mol. The summed E-state index contributed by atoms with van der Waals surface area (Å²) in [6.45, 7) is 10.1. The van der Waals surface area contributed by atoms with Crippen LogP contribution in [0.15, 0.2) is 132 Å². The largest absolute Gasteiger partial charge is 0.537 e. The summed E-state index contributed by atoms with van der Waals surface area (Å²) >= 11 is 0. The highest BCUT2D eigenvalue weighted by molar-refractivity contribution is 6.67. The molecule has 2 aromatic heterocycles. The maximum absolute atomic E-state index is 6.85. The number of hydrogen-bond donors (Lipinski definition) is 0. The van der Waals surface area contributed by atoms with Gasteiger partial charge in [0.05, 0.1) is 17.6 Å². The maximum Gasteiger partial charge on any atom is 0.524 e. The molecule has 2 aliphatic heterocycles. The predicted octanol–water partition coefficient (Wildman–Crippen LogP) is 11.6. The molecule has 0 radical (unpaired) electrons. The van der Waals surface area contributed by atoms with Crippen molar-refractivity contribution in [1.29, 1.82) is 0 Å². The zero-order valence-corrected chi connectivity index (χ0v) is 35.2. The van der Waals surface area contributed by atoms with Crippen LogP contribution in [-0.4, -0.2) is 32.2 Å². The molecular formula is C51H56BN5O2. The lowest BCUT2D eigenvalue weighted by molar-refractivity contribution is 0.300. The first-order valence-electron chi connectivity index (χ1n) is 21.7. The van der Waals surface area contributed by atoms with Crippen molar-refractivity contribution in [2.24, 2.45) is 4.99 Å². The van der Waals surface area contributed by atoms with Gasteiger partial charge in [0.25, 0.3) is 0 Å². The van der Waals surface area contributed by atoms with Gasteiger partial charge in [0, 0.05) is 34.6 Å². The van der Waals surface area contributed by atoms with Gasteiger partial charge in [0.2, 0.25) is 0 Å². The molecule has 4 heterocycles. The van der Waals surface area contributed by atoms with E-state index >= 15 is 0 Å². The van der Waals surface area contributed by atoms with Gasteiger partial charge in [0.15, 0.2) is 0 Å². The summed E-state index contributed by atoms with van der Waals surface area (Å²) in [5, 5.41) is 8.85. The zero-order chi connectivity index (χ0) is 40.6. The normalized spacial score (nSPS) is 13.9. The number of rotatable bonds is 18. The Morgan fingerprint density at radius 3 is 2.15 bits per heavy atom. The number of para-hydroxylation sites is 2. The highest BCUT2D eigenvalue weighted by Crippen LogP contribution is 2.42. The van der Waals surface area contributed by atoms with E-state index in [2.05, 4.69) is 133 Å². The Morgan fingerprint density at radius 2 is 1.39 bits per heavy atom. The molecule has 0 bridgehead atoms. The summed E-state index contributed by atoms with van der Waals surface area (Å²) in [6, 6.07) is 36.0. The number of aliphatic imine (C=N–C) groups is 1. The fraction of sp³-hybridized carbons (Fsp3) is 0.314. The molecule has 0 aliphatic carbocycles. The van der Waals surface area contributed by atoms with Crippen LogP contribution < -0.4 is 14.9 Å². The molecule has 0 unspecified atom stereocenters. The van der Waals surface area contributed by atoms with E-state index in [1.54, 1.807) is 0 Å². The number of aryl methyl sites for hydroxylation is 4. The fourth-order valence-electron chi connectivity index (χ4n) is 8.76. The number of fused-ring (bicyclic) bond motifs is 3. The van der Waals surface area contributed by atoms with E-state index in [1.807, 2.05) is 35.1 Å². The Bertz CT molecular complexity index is 2450. The minimum atomic E-state index is -0.358. The first-order valence-corrected chi connectivity index (χ1v) is 21.7. The molecule has 6 aromatic rings. The number of ether oxygens (including phenoxy) is 1. The minimum absolute atomic E-state index is 0.334. The van der Waals surface area contributed by atoms with Gasteiger partial charge in [-0.05, 0) is 97.9 Å². The van der Waals surface area contributed by atoms with Crippen LogP contribution in [0.3, 0.4) is 0 Å². The van der Waals surface area contributed by atoms with Gasteiger partial charge in [-0.2, -0.15) is 0 Å². The fourth-order valence-corrected chi connectivity index (χ4v) is 8.76. The molecule has 8 heteroatoms. The topological polar surface area (TPSA) is 66.5 Å². The third-order valence-corrected chi connectivity index (χ3v) is 11.6. The van der Waals surface area contributed by atoms with E-state index in [9.17, 15) is 0 Å². The van der Waals surface area contributed by atoms with Crippen molar-refractivity contribution >= 4 is 23.8 Å². The Balaban J connectivity index is 1.06. The molecule has 0 amide bonds. The lowest BCUT2D eigenvalue weighted by Crippen LogP contribution is -2.46. The smallest absolute Gasteiger partial charge is 0.524 e. The average Bonchev–Trinajstić information content (AvgIpc) is 4.03. The van der Waals surface area contributed by atoms with Crippen LogP contribution in [-0.2, 0) is 13.2 Å². The highest BCUT2D eigenvalue weighted by atomic mass is 16.5. The molecule has 2 aliphatic rings. The van der Waals surface area contributed by atoms with Crippen molar-refractivity contribution < 1.29 is 9.39 Å². The minimum Gasteiger partial charge on any atom is -0.537 e. The Labute approximate surface area is 350 Å². The van der Waals surface area contributed by atoms with Crippen molar-refractivity contribution in [3.05, 3.63) is 166 Å². The lowest BCUT2D eigenvalue weighted by atomic mass is 9.70. The van der Waals surface area contributed by atoms with Crippen molar-refractivity contribution in [2.45, 2.75) is 105 Å². The Kier molecular flexibility index (Phi) is 12.7. The van der Waals surface area contributed by atoms with E-state index in [0.29, 0.717) is 6.61 Å². The maximum atomic E-state index is 6.85. The van der Waals surface area contributed by atoms with E-state index < -0.39 is 0 Å². The number of nitrogens with zero attached hydrogens (tertiary/aromatic N) is 5. The molecule has 0 atom stereocenters. The van der Waals surface area contributed by atoms with Crippen LogP contribution in [0.25, 0.3) is 16.8 Å². The summed E-state index contributed by atoms with van der Waals surface area (Å²) in [4.78, 5) is 5.40. The van der Waals surface area contributed by atoms with Gasteiger partial charge in [-0.15, -0.1) is 5.10 Å². The third kappa shape index (κ3) is 9.07. The van der Waals surface area contributed by atoms with Gasteiger partial charge in [-0.1, -0.05) is 142 Å². The molecule has 0 N–H and O–H groups in total. The van der Waals surface area contributed by atoms with Gasteiger partial charge >= 0.3 is 7.05 Å². The second-order valence-corrected chi connectivity index (χ2v) is 16.2. The lowest BCUT2D eigenvalue weighted by Gasteiger charge is -2.29. The zero-order valence-electron chi connectivity index (χ0n) is 35.2. The SMILES string of the molecule is CCCCCCCCCCCCn1cc(COc2ccccc2C2=N/C(=C(/c3c(C)cc(C)cc3C)c3ccc4n3B(c3ccccc3)Oc3ccccc3-4)C=C2)nn1. The van der Waals surface area contributed by atoms with Gasteiger partial charge in [-0.3, -0.25) is 4.68 Å². The Morgan fingerprint density at radius 1 is 0.712 bits per heavy atom. The van der Waals surface area contributed by atoms with Gasteiger partial charge < -0.3 is 13.9 Å². The number of aromatic nitrogens is 4. The van der Waals surface area contributed by atoms with E-state index in [-0.39, 0.29) is 7.05 Å². The molecule has 0 fully saturated rings. The van der Waals surface area contributed by atoms with Crippen molar-refractivity contribution in [3.63, 3.8) is 0 Å². The monoisotopic (exact) mass is 781 g/mol. The quantitative estimate of drug-likeness (QED) is 0.0643. The van der Waals surface area contributed by atoms with Crippen molar-refractivity contribution in [1.82, 2.24) is 19.5 Å². The van der Waals surface area contributed by atoms with E-state index in [0.717, 1.165) is 75.1 Å². The summed E-state index contributed by atoms with van der Waals surface area (Å²) in [5.74, 6) is 1.64. The van der Waals surface area contributed by atoms with E-state index in [1.165, 1.54) is 80.0 Å². The van der Waals surface area contributed by atoms with Gasteiger partial charge in [0.1, 0.15) is 23.8 Å². The van der Waals surface area contributed by atoms with Crippen LogP contribution in [0.4, 0.5) is 0 Å². The molecule has 0 spiro atoms. The Hall–Kier alpha value is -5.89. The molecule has 7 nitrogen and oxygen atoms in total. The molecule has 300 valence electrons. The van der Waals surface area contributed by atoms with Crippen LogP contribution in [0, 0.1) is 20.8 Å². The first kappa shape index (κ1) is 39.9. The molecule has 0 saturated carbocycles. The molecule has 0 saturated heterocycles. The molecule has 59 heavy (non-hydrogen) atoms. The average molecular weight is 782 g/mol. The second-order valence-electron chi connectivity index (χ2n) is 16.2. The number of benzene rings is 4. The standard InChI is InChI=1S/C51H56BN5O2/c1-5-6-7-8-9-10-11-12-13-21-32-56-35-41(54-55-56)36-58-48-26-19-17-24-42(48)44-28-29-45(53-44)51(50-38(3)33-37(2)34-39(50)4)47-31-30-46-43-25-18-20-27-49(43)59-52(57(46)47)40-22-15-14-16-23-40/h14-20,22-31,33-35H,5-13,21,32,36H2,1-4H3/b51-45+. The van der Waals surface area contributed by atoms with Crippen LogP contribution in [0.5, 0.6) is 11.5 Å². The molecule has 4 aromatic carbocycles. The summed E-state index contributed by atoms with van der Waals surface area (Å²) in [7, 11) is -0.358. The van der Waals surface area contributed by atoms with Crippen LogP contribution in [0.1, 0.15) is 110 Å². The summed E-state index contributed by atoms with van der Waals surface area (Å²) in [5.41, 5.74) is 13.7. The summed E-state index contributed by atoms with van der Waals surface area (Å²) in [6.07, 6.45) is 19.4. The van der Waals surface area contributed by atoms with Crippen molar-refractivity contribution in [3.8, 4) is 22.8 Å².